The van der Waals surface area contributed by atoms with Crippen molar-refractivity contribution < 1.29 is 56.3 Å². The lowest BCUT2D eigenvalue weighted by atomic mass is 9.98. The molecule has 2 aromatic heterocycles. The molecule has 21 nitrogen and oxygen atoms in total. The van der Waals surface area contributed by atoms with Crippen molar-refractivity contribution in [2.24, 2.45) is 17.6 Å². The smallest absolute Gasteiger partial charge is 0.409 e. The fraction of sp³-hybridized carbons (Fsp3) is 0.415. The van der Waals surface area contributed by atoms with Gasteiger partial charge in [0.2, 0.25) is 0 Å². The van der Waals surface area contributed by atoms with E-state index in [0.717, 1.165) is 0 Å². The Balaban J connectivity index is 0.759. The molecule has 0 atom stereocenters. The van der Waals surface area contributed by atoms with Gasteiger partial charge >= 0.3 is 18.3 Å². The molecule has 2 saturated heterocycles. The van der Waals surface area contributed by atoms with E-state index in [1.165, 1.54) is 39.0 Å². The zero-order valence-corrected chi connectivity index (χ0v) is 46.3. The quantitative estimate of drug-likeness (QED) is 0.0438. The largest absolute Gasteiger partial charge is 0.493 e. The minimum absolute atomic E-state index is 0.0411. The van der Waals surface area contributed by atoms with E-state index in [2.05, 4.69) is 67.7 Å². The number of carbonyl (C=O) groups is 3. The first-order chi connectivity index (χ1) is 37.9. The van der Waals surface area contributed by atoms with Crippen LogP contribution in [0.5, 0.6) is 23.0 Å². The standard InChI is InChI=1S/C53H61Br2F2N11O10/c1-72-45-25-37-43(60-31-62-49(37)64-41-5-3-35(54)23-39(41)56)27-47(45)77-29-33-7-13-67(14-8-33)52(70)75-21-18-66(17-20-74-51(69)59-12-11-58)19-22-76-53(71)68-15-9-34(10-16-68)30-78-48-28-44-38(26-46(48)73-2)50(63-32-61-44)65-42-6-4-36(55)24-40(42)57/h3-6,23-28,31-34H,7-22,29-30,58H2,1-2H3,(H,59,69)(H,60,62,64)(H,61,63,65). The van der Waals surface area contributed by atoms with Crippen molar-refractivity contribution in [1.82, 2.24) is 40.0 Å². The summed E-state index contributed by atoms with van der Waals surface area (Å²) in [4.78, 5) is 61.3. The molecule has 0 bridgehead atoms. The molecule has 2 fully saturated rings. The number of anilines is 4. The third-order valence-corrected chi connectivity index (χ3v) is 14.2. The van der Waals surface area contributed by atoms with Crippen LogP contribution in [-0.2, 0) is 14.2 Å². The number of likely N-dealkylation sites (tertiary alicyclic amines) is 2. The van der Waals surface area contributed by atoms with E-state index in [-0.39, 0.29) is 56.1 Å². The second kappa shape index (κ2) is 28.0. The molecule has 0 spiro atoms. The Labute approximate surface area is 466 Å². The fourth-order valence-corrected chi connectivity index (χ4v) is 9.49. The van der Waals surface area contributed by atoms with E-state index in [4.69, 9.17) is 38.9 Å². The molecule has 0 saturated carbocycles. The van der Waals surface area contributed by atoms with E-state index in [1.54, 1.807) is 58.3 Å². The summed E-state index contributed by atoms with van der Waals surface area (Å²) in [6.07, 6.45) is 4.03. The molecule has 416 valence electrons. The van der Waals surface area contributed by atoms with E-state index < -0.39 is 29.9 Å². The SMILES string of the molecule is COc1cc2c(Nc3ccc(Br)cc3F)ncnc2cc1OCC1CCN(C(=O)OCCN(CCOC(=O)NCCN)CCOC(=O)N2CCC(COc3cc4ncnc(Nc5ccc(Br)cc5F)c4cc3OC)CC2)CC1. The molecule has 2 aliphatic heterocycles. The second-order valence-electron chi connectivity index (χ2n) is 18.4. The third-order valence-electron chi connectivity index (χ3n) is 13.2. The number of rotatable bonds is 23. The van der Waals surface area contributed by atoms with Crippen LogP contribution in [0.3, 0.4) is 0 Å². The number of nitrogens with zero attached hydrogens (tertiary/aromatic N) is 7. The normalized spacial score (nSPS) is 14.1. The van der Waals surface area contributed by atoms with Crippen molar-refractivity contribution in [2.75, 3.05) is 117 Å². The van der Waals surface area contributed by atoms with Crippen molar-refractivity contribution in [3.8, 4) is 23.0 Å². The lowest BCUT2D eigenvalue weighted by molar-refractivity contribution is 0.0560. The Kier molecular flexibility index (Phi) is 20.5. The van der Waals surface area contributed by atoms with Crippen LogP contribution in [0, 0.1) is 23.5 Å². The van der Waals surface area contributed by atoms with Gasteiger partial charge in [-0.25, -0.2) is 43.1 Å². The Morgan fingerprint density at radius 3 is 1.47 bits per heavy atom. The van der Waals surface area contributed by atoms with Crippen molar-refractivity contribution in [3.63, 3.8) is 0 Å². The van der Waals surface area contributed by atoms with Crippen LogP contribution in [0.2, 0.25) is 0 Å². The highest BCUT2D eigenvalue weighted by Crippen LogP contribution is 2.38. The van der Waals surface area contributed by atoms with Gasteiger partial charge in [-0.2, -0.15) is 0 Å². The molecule has 4 heterocycles. The van der Waals surface area contributed by atoms with Crippen LogP contribution in [0.25, 0.3) is 21.8 Å². The molecule has 8 rings (SSSR count). The summed E-state index contributed by atoms with van der Waals surface area (Å²) < 4.78 is 71.0. The molecule has 25 heteroatoms. The molecule has 0 unspecified atom stereocenters. The number of ether oxygens (including phenoxy) is 7. The van der Waals surface area contributed by atoms with Gasteiger partial charge in [-0.1, -0.05) is 31.9 Å². The molecule has 3 amide bonds. The number of nitrogens with one attached hydrogen (secondary N) is 3. The van der Waals surface area contributed by atoms with Gasteiger partial charge in [-0.15, -0.1) is 0 Å². The van der Waals surface area contributed by atoms with Gasteiger partial charge in [0.05, 0.1) is 49.8 Å². The number of aromatic nitrogens is 4. The Morgan fingerprint density at radius 1 is 0.628 bits per heavy atom. The van der Waals surface area contributed by atoms with Crippen molar-refractivity contribution in [2.45, 2.75) is 25.7 Å². The Morgan fingerprint density at radius 2 is 1.06 bits per heavy atom. The molecular formula is C53H61Br2F2N11O10. The topological polar surface area (TPSA) is 239 Å². The number of nitrogens with two attached hydrogens (primary N) is 1. The van der Waals surface area contributed by atoms with Gasteiger partial charge in [-0.05, 0) is 86.1 Å². The van der Waals surface area contributed by atoms with E-state index in [1.807, 2.05) is 4.90 Å². The molecular weight excluding hydrogens is 1150 g/mol. The highest BCUT2D eigenvalue weighted by molar-refractivity contribution is 9.10. The summed E-state index contributed by atoms with van der Waals surface area (Å²) in [5.41, 5.74) is 7.17. The van der Waals surface area contributed by atoms with Crippen LogP contribution in [0.15, 0.2) is 82.3 Å². The zero-order valence-electron chi connectivity index (χ0n) is 43.1. The first kappa shape index (κ1) is 57.1. The maximum absolute atomic E-state index is 14.6. The summed E-state index contributed by atoms with van der Waals surface area (Å²) in [6.45, 7) is 4.21. The number of hydrogen-bond acceptors (Lipinski definition) is 18. The lowest BCUT2D eigenvalue weighted by Gasteiger charge is -2.32. The van der Waals surface area contributed by atoms with Gasteiger partial charge in [0.15, 0.2) is 23.0 Å². The molecule has 2 aliphatic rings. The summed E-state index contributed by atoms with van der Waals surface area (Å²) >= 11 is 6.56. The fourth-order valence-electron chi connectivity index (χ4n) is 8.82. The monoisotopic (exact) mass is 1210 g/mol. The third kappa shape index (κ3) is 15.6. The number of fused-ring (bicyclic) bond motifs is 2. The molecule has 5 N–H and O–H groups in total. The number of benzene rings is 4. The maximum atomic E-state index is 14.6. The Hall–Kier alpha value is -7.09. The van der Waals surface area contributed by atoms with E-state index in [9.17, 15) is 23.2 Å². The van der Waals surface area contributed by atoms with E-state index >= 15 is 0 Å². The van der Waals surface area contributed by atoms with Crippen LogP contribution in [0.1, 0.15) is 25.7 Å². The highest BCUT2D eigenvalue weighted by atomic mass is 79.9. The average molecular weight is 1210 g/mol. The van der Waals surface area contributed by atoms with Crippen LogP contribution >= 0.6 is 31.9 Å². The van der Waals surface area contributed by atoms with E-state index in [0.29, 0.717) is 150 Å². The van der Waals surface area contributed by atoms with Crippen LogP contribution < -0.4 is 40.6 Å². The number of methoxy groups -OCH3 is 2. The van der Waals surface area contributed by atoms with Crippen molar-refractivity contribution >= 4 is 95.0 Å². The molecule has 6 aromatic rings. The average Bonchev–Trinajstić information content (AvgIpc) is 3.50. The predicted molar refractivity (Wildman–Crippen MR) is 294 cm³/mol. The molecule has 0 radical (unpaired) electrons. The summed E-state index contributed by atoms with van der Waals surface area (Å²) in [5, 5.41) is 9.89. The van der Waals surface area contributed by atoms with Crippen molar-refractivity contribution in [1.29, 1.82) is 0 Å². The number of carbonyl (C=O) groups excluding carboxylic acids is 3. The van der Waals surface area contributed by atoms with Crippen molar-refractivity contribution in [3.05, 3.63) is 93.9 Å². The zero-order chi connectivity index (χ0) is 55.0. The molecule has 78 heavy (non-hydrogen) atoms. The number of amides is 3. The molecule has 4 aromatic carbocycles. The lowest BCUT2D eigenvalue weighted by Crippen LogP contribution is -2.42. The van der Waals surface area contributed by atoms with Gasteiger partial charge in [-0.3, -0.25) is 4.90 Å². The van der Waals surface area contributed by atoms with Crippen LogP contribution in [0.4, 0.5) is 46.2 Å². The summed E-state index contributed by atoms with van der Waals surface area (Å²) in [7, 11) is 3.08. The second-order valence-corrected chi connectivity index (χ2v) is 20.2. The number of halogens is 4. The highest BCUT2D eigenvalue weighted by Gasteiger charge is 2.27. The Bertz CT molecular complexity index is 2840. The van der Waals surface area contributed by atoms with Gasteiger partial charge in [0.25, 0.3) is 0 Å². The van der Waals surface area contributed by atoms with Gasteiger partial charge in [0, 0.05) is 90.8 Å². The number of piperidine rings is 2. The summed E-state index contributed by atoms with van der Waals surface area (Å²) in [5.74, 6) is 2.16. The maximum Gasteiger partial charge on any atom is 0.409 e. The minimum atomic E-state index is -0.602. The first-order valence-electron chi connectivity index (χ1n) is 25.4. The first-order valence-corrected chi connectivity index (χ1v) is 27.0. The van der Waals surface area contributed by atoms with Crippen LogP contribution in [-0.4, -0.2) is 159 Å². The van der Waals surface area contributed by atoms with Gasteiger partial charge in [0.1, 0.15) is 55.7 Å². The summed E-state index contributed by atoms with van der Waals surface area (Å²) in [6, 6.07) is 16.4. The number of hydrogen-bond donors (Lipinski definition) is 4. The minimum Gasteiger partial charge on any atom is -0.493 e. The van der Waals surface area contributed by atoms with Gasteiger partial charge < -0.3 is 64.6 Å². The predicted octanol–water partition coefficient (Wildman–Crippen LogP) is 9.02. The molecule has 0 aliphatic carbocycles. The number of alkyl carbamates (subject to hydrolysis) is 1.